The van der Waals surface area contributed by atoms with Gasteiger partial charge in [-0.3, -0.25) is 0 Å². The average Bonchev–Trinajstić information content (AvgIpc) is 2.17. The van der Waals surface area contributed by atoms with E-state index >= 15 is 0 Å². The molecule has 0 unspecified atom stereocenters. The van der Waals surface area contributed by atoms with E-state index < -0.39 is 0 Å². The van der Waals surface area contributed by atoms with Gasteiger partial charge in [0.2, 0.25) is 0 Å². The largest absolute Gasteiger partial charge is 0.390 e. The average molecular weight is 144 g/mol. The van der Waals surface area contributed by atoms with Gasteiger partial charge in [0.15, 0.2) is 0 Å². The molecule has 0 bridgehead atoms. The summed E-state index contributed by atoms with van der Waals surface area (Å²) in [6.45, 7) is 6.09. The number of rotatable bonds is 1. The van der Waals surface area contributed by atoms with Gasteiger partial charge >= 0.3 is 0 Å². The van der Waals surface area contributed by atoms with Crippen LogP contribution in [0.5, 0.6) is 0 Å². The van der Waals surface area contributed by atoms with Crippen LogP contribution in [-0.2, 0) is 4.74 Å². The zero-order chi connectivity index (χ0) is 7.72. The first-order chi connectivity index (χ1) is 4.66. The summed E-state index contributed by atoms with van der Waals surface area (Å²) < 4.78 is 5.48. The van der Waals surface area contributed by atoms with Gasteiger partial charge in [0.25, 0.3) is 0 Å². The SMILES string of the molecule is CC[C@H]1O[C@@H](C)[C@@H](C)[C@@H]1O. The number of aliphatic hydroxyl groups excluding tert-OH is 1. The van der Waals surface area contributed by atoms with Gasteiger partial charge in [0.1, 0.15) is 0 Å². The molecule has 1 aliphatic heterocycles. The Balaban J connectivity index is 2.53. The zero-order valence-corrected chi connectivity index (χ0v) is 6.87. The van der Waals surface area contributed by atoms with Gasteiger partial charge in [0, 0.05) is 5.92 Å². The minimum absolute atomic E-state index is 0.0741. The van der Waals surface area contributed by atoms with Crippen molar-refractivity contribution in [3.05, 3.63) is 0 Å². The van der Waals surface area contributed by atoms with Crippen molar-refractivity contribution in [2.45, 2.75) is 45.5 Å². The number of hydrogen-bond acceptors (Lipinski definition) is 2. The summed E-state index contributed by atoms with van der Waals surface area (Å²) >= 11 is 0. The maximum absolute atomic E-state index is 9.50. The molecule has 0 spiro atoms. The third-order valence-electron chi connectivity index (χ3n) is 2.45. The standard InChI is InChI=1S/C8H16O2/c1-4-7-8(9)5(2)6(3)10-7/h5-9H,4H2,1-3H3/t5-,6+,7-,8+/m1/s1. The van der Waals surface area contributed by atoms with Crippen molar-refractivity contribution < 1.29 is 9.84 Å². The van der Waals surface area contributed by atoms with E-state index in [0.717, 1.165) is 6.42 Å². The molecule has 60 valence electrons. The lowest BCUT2D eigenvalue weighted by Crippen LogP contribution is -2.24. The Morgan fingerprint density at radius 1 is 1.40 bits per heavy atom. The van der Waals surface area contributed by atoms with Crippen LogP contribution in [0.15, 0.2) is 0 Å². The molecule has 0 saturated carbocycles. The molecule has 0 aromatic heterocycles. The van der Waals surface area contributed by atoms with Gasteiger partial charge in [-0.15, -0.1) is 0 Å². The summed E-state index contributed by atoms with van der Waals surface area (Å²) in [7, 11) is 0. The zero-order valence-electron chi connectivity index (χ0n) is 6.87. The minimum Gasteiger partial charge on any atom is -0.390 e. The summed E-state index contributed by atoms with van der Waals surface area (Å²) in [5.74, 6) is 0.296. The van der Waals surface area contributed by atoms with E-state index in [0.29, 0.717) is 5.92 Å². The first-order valence-corrected chi connectivity index (χ1v) is 4.00. The first kappa shape index (κ1) is 8.02. The van der Waals surface area contributed by atoms with E-state index in [1.807, 2.05) is 20.8 Å². The Bertz CT molecular complexity index is 114. The van der Waals surface area contributed by atoms with Crippen LogP contribution in [0.4, 0.5) is 0 Å². The molecule has 2 heteroatoms. The number of ether oxygens (including phenoxy) is 1. The van der Waals surface area contributed by atoms with Crippen LogP contribution in [0.3, 0.4) is 0 Å². The van der Waals surface area contributed by atoms with Gasteiger partial charge in [-0.25, -0.2) is 0 Å². The molecule has 0 aromatic rings. The van der Waals surface area contributed by atoms with E-state index in [1.54, 1.807) is 0 Å². The Kier molecular flexibility index (Phi) is 2.32. The maximum Gasteiger partial charge on any atom is 0.0851 e. The lowest BCUT2D eigenvalue weighted by atomic mass is 9.98. The Morgan fingerprint density at radius 2 is 2.00 bits per heavy atom. The van der Waals surface area contributed by atoms with Crippen molar-refractivity contribution >= 4 is 0 Å². The van der Waals surface area contributed by atoms with Crippen molar-refractivity contribution in [1.82, 2.24) is 0 Å². The molecule has 2 nitrogen and oxygen atoms in total. The summed E-state index contributed by atoms with van der Waals surface area (Å²) in [5, 5.41) is 9.50. The van der Waals surface area contributed by atoms with Crippen LogP contribution < -0.4 is 0 Å². The monoisotopic (exact) mass is 144 g/mol. The van der Waals surface area contributed by atoms with Crippen LogP contribution in [0.2, 0.25) is 0 Å². The van der Waals surface area contributed by atoms with Crippen molar-refractivity contribution in [3.8, 4) is 0 Å². The van der Waals surface area contributed by atoms with Gasteiger partial charge in [0.05, 0.1) is 18.3 Å². The molecular weight excluding hydrogens is 128 g/mol. The second-order valence-corrected chi connectivity index (χ2v) is 3.14. The molecule has 1 aliphatic rings. The summed E-state index contributed by atoms with van der Waals surface area (Å²) in [4.78, 5) is 0. The molecule has 1 heterocycles. The second kappa shape index (κ2) is 2.89. The maximum atomic E-state index is 9.50. The highest BCUT2D eigenvalue weighted by atomic mass is 16.5. The van der Waals surface area contributed by atoms with Crippen LogP contribution in [0.1, 0.15) is 27.2 Å². The highest BCUT2D eigenvalue weighted by Crippen LogP contribution is 2.27. The van der Waals surface area contributed by atoms with E-state index in [1.165, 1.54) is 0 Å². The fraction of sp³-hybridized carbons (Fsp3) is 1.00. The molecule has 1 rings (SSSR count). The van der Waals surface area contributed by atoms with Crippen molar-refractivity contribution in [1.29, 1.82) is 0 Å². The van der Waals surface area contributed by atoms with Crippen LogP contribution >= 0.6 is 0 Å². The second-order valence-electron chi connectivity index (χ2n) is 3.14. The number of aliphatic hydroxyl groups is 1. The molecule has 0 aromatic carbocycles. The van der Waals surface area contributed by atoms with E-state index in [4.69, 9.17) is 4.74 Å². The molecule has 1 fully saturated rings. The first-order valence-electron chi connectivity index (χ1n) is 4.00. The quantitative estimate of drug-likeness (QED) is 0.599. The Hall–Kier alpha value is -0.0800. The van der Waals surface area contributed by atoms with Gasteiger partial charge in [-0.05, 0) is 13.3 Å². The molecule has 0 amide bonds. The lowest BCUT2D eigenvalue weighted by molar-refractivity contribution is 0.0144. The molecule has 4 atom stereocenters. The smallest absolute Gasteiger partial charge is 0.0851 e. The van der Waals surface area contributed by atoms with Crippen LogP contribution in [0, 0.1) is 5.92 Å². The Morgan fingerprint density at radius 3 is 2.20 bits per heavy atom. The fourth-order valence-corrected chi connectivity index (χ4v) is 1.43. The van der Waals surface area contributed by atoms with Gasteiger partial charge < -0.3 is 9.84 Å². The van der Waals surface area contributed by atoms with Crippen molar-refractivity contribution in [2.24, 2.45) is 5.92 Å². The lowest BCUT2D eigenvalue weighted by Gasteiger charge is -2.11. The molecule has 10 heavy (non-hydrogen) atoms. The Labute approximate surface area is 62.2 Å². The predicted molar refractivity (Wildman–Crippen MR) is 39.8 cm³/mol. The van der Waals surface area contributed by atoms with Gasteiger partial charge in [-0.1, -0.05) is 13.8 Å². The molecule has 0 aliphatic carbocycles. The molecule has 0 radical (unpaired) electrons. The van der Waals surface area contributed by atoms with E-state index in [9.17, 15) is 5.11 Å². The van der Waals surface area contributed by atoms with Crippen molar-refractivity contribution in [3.63, 3.8) is 0 Å². The minimum atomic E-state index is -0.250. The summed E-state index contributed by atoms with van der Waals surface area (Å²) in [5.41, 5.74) is 0. The number of hydrogen-bond donors (Lipinski definition) is 1. The topological polar surface area (TPSA) is 29.5 Å². The molecular formula is C8H16O2. The van der Waals surface area contributed by atoms with E-state index in [-0.39, 0.29) is 18.3 Å². The van der Waals surface area contributed by atoms with Crippen LogP contribution in [0.25, 0.3) is 0 Å². The summed E-state index contributed by atoms with van der Waals surface area (Å²) in [6, 6.07) is 0. The molecule has 1 saturated heterocycles. The van der Waals surface area contributed by atoms with Crippen LogP contribution in [-0.4, -0.2) is 23.4 Å². The predicted octanol–water partition coefficient (Wildman–Crippen LogP) is 1.18. The van der Waals surface area contributed by atoms with Crippen molar-refractivity contribution in [2.75, 3.05) is 0 Å². The third kappa shape index (κ3) is 1.18. The highest BCUT2D eigenvalue weighted by Gasteiger charge is 2.36. The van der Waals surface area contributed by atoms with Gasteiger partial charge in [-0.2, -0.15) is 0 Å². The fourth-order valence-electron chi connectivity index (χ4n) is 1.43. The molecule has 1 N–H and O–H groups in total. The summed E-state index contributed by atoms with van der Waals surface area (Å²) in [6.07, 6.45) is 0.959. The van der Waals surface area contributed by atoms with E-state index in [2.05, 4.69) is 0 Å². The normalized spacial score (nSPS) is 48.0. The third-order valence-corrected chi connectivity index (χ3v) is 2.45. The highest BCUT2D eigenvalue weighted by molar-refractivity contribution is 4.84.